The third-order valence-electron chi connectivity index (χ3n) is 4.25. The lowest BCUT2D eigenvalue weighted by atomic mass is 10.00. The molecule has 3 aromatic rings. The van der Waals surface area contributed by atoms with Gasteiger partial charge in [0.15, 0.2) is 17.6 Å². The molecular weight excluding hydrogens is 368 g/mol. The van der Waals surface area contributed by atoms with Crippen molar-refractivity contribution in [3.8, 4) is 11.5 Å². The average Bonchev–Trinajstić information content (AvgIpc) is 2.77. The molecule has 0 spiro atoms. The van der Waals surface area contributed by atoms with Crippen LogP contribution in [0.4, 0.5) is 0 Å². The van der Waals surface area contributed by atoms with Gasteiger partial charge in [0.2, 0.25) is 5.78 Å². The van der Waals surface area contributed by atoms with Crippen LogP contribution in [0.1, 0.15) is 27.6 Å². The fraction of sp³-hybridized carbons (Fsp3) is 0.0833. The summed E-state index contributed by atoms with van der Waals surface area (Å²) in [6.45, 7) is 0. The topological polar surface area (TPSA) is 72.8 Å². The Kier molecular flexibility index (Phi) is 6.43. The number of phenols is 1. The second-order valence-electron chi connectivity index (χ2n) is 6.22. The van der Waals surface area contributed by atoms with Gasteiger partial charge in [-0.05, 0) is 23.8 Å². The summed E-state index contributed by atoms with van der Waals surface area (Å²) in [7, 11) is 1.44. The minimum Gasteiger partial charge on any atom is -0.504 e. The quantitative estimate of drug-likeness (QED) is 0.364. The number of carbonyl (C=O) groups excluding carboxylic acids is 2. The zero-order valence-electron chi connectivity index (χ0n) is 15.8. The highest BCUT2D eigenvalue weighted by molar-refractivity contribution is 6.01. The van der Waals surface area contributed by atoms with Crippen molar-refractivity contribution in [2.45, 2.75) is 6.10 Å². The Morgan fingerprint density at radius 2 is 1.59 bits per heavy atom. The minimum atomic E-state index is -1.05. The smallest absolute Gasteiger partial charge is 0.331 e. The molecule has 0 aliphatic heterocycles. The van der Waals surface area contributed by atoms with Crippen LogP contribution in [0.5, 0.6) is 11.5 Å². The summed E-state index contributed by atoms with van der Waals surface area (Å²) in [6.07, 6.45) is 1.71. The van der Waals surface area contributed by atoms with Gasteiger partial charge in [-0.15, -0.1) is 0 Å². The summed E-state index contributed by atoms with van der Waals surface area (Å²) < 4.78 is 10.5. The SMILES string of the molecule is COc1cc(/C=C/C(=O)O[C@@H](C(=O)c2ccccc2)c2ccccc2)ccc1O. The Bertz CT molecular complexity index is 1010. The first-order valence-corrected chi connectivity index (χ1v) is 8.98. The van der Waals surface area contributed by atoms with Gasteiger partial charge in [-0.3, -0.25) is 4.79 Å². The Balaban J connectivity index is 1.80. The summed E-state index contributed by atoms with van der Waals surface area (Å²) >= 11 is 0. The first-order valence-electron chi connectivity index (χ1n) is 8.98. The summed E-state index contributed by atoms with van der Waals surface area (Å²) in [6, 6.07) is 22.3. The molecule has 1 atom stereocenters. The van der Waals surface area contributed by atoms with E-state index < -0.39 is 12.1 Å². The molecule has 5 heteroatoms. The van der Waals surface area contributed by atoms with Gasteiger partial charge in [-0.1, -0.05) is 66.7 Å². The van der Waals surface area contributed by atoms with E-state index in [1.54, 1.807) is 60.7 Å². The van der Waals surface area contributed by atoms with Crippen LogP contribution >= 0.6 is 0 Å². The van der Waals surface area contributed by atoms with E-state index in [2.05, 4.69) is 0 Å². The molecule has 0 heterocycles. The molecule has 0 fully saturated rings. The summed E-state index contributed by atoms with van der Waals surface area (Å²) in [5.41, 5.74) is 1.69. The van der Waals surface area contributed by atoms with E-state index in [1.165, 1.54) is 25.3 Å². The molecule has 0 aliphatic carbocycles. The van der Waals surface area contributed by atoms with Crippen LogP contribution < -0.4 is 4.74 Å². The molecule has 1 N–H and O–H groups in total. The van der Waals surface area contributed by atoms with Crippen molar-refractivity contribution in [3.63, 3.8) is 0 Å². The summed E-state index contributed by atoms with van der Waals surface area (Å²) in [4.78, 5) is 25.3. The van der Waals surface area contributed by atoms with Crippen LogP contribution in [0, 0.1) is 0 Å². The molecule has 0 unspecified atom stereocenters. The number of phenolic OH excluding ortho intramolecular Hbond substituents is 1. The largest absolute Gasteiger partial charge is 0.504 e. The lowest BCUT2D eigenvalue weighted by molar-refractivity contribution is -0.141. The molecule has 3 aromatic carbocycles. The maximum atomic E-state index is 12.9. The van der Waals surface area contributed by atoms with Crippen molar-refractivity contribution in [2.24, 2.45) is 0 Å². The molecule has 146 valence electrons. The fourth-order valence-corrected chi connectivity index (χ4v) is 2.77. The molecule has 0 saturated heterocycles. The molecule has 0 aromatic heterocycles. The maximum Gasteiger partial charge on any atom is 0.331 e. The summed E-state index contributed by atoms with van der Waals surface area (Å²) in [5.74, 6) is -0.660. The van der Waals surface area contributed by atoms with E-state index in [0.717, 1.165) is 0 Å². The number of esters is 1. The van der Waals surface area contributed by atoms with Crippen molar-refractivity contribution in [2.75, 3.05) is 7.11 Å². The standard InChI is InChI=1S/C24H20O5/c1-28-21-16-17(12-14-20(21)25)13-15-22(26)29-24(19-10-6-3-7-11-19)23(27)18-8-4-2-5-9-18/h2-16,24-25H,1H3/b15-13+/t24-/m1/s1. The van der Waals surface area contributed by atoms with Gasteiger partial charge in [0.25, 0.3) is 0 Å². The number of rotatable bonds is 7. The highest BCUT2D eigenvalue weighted by Crippen LogP contribution is 2.27. The molecule has 5 nitrogen and oxygen atoms in total. The van der Waals surface area contributed by atoms with Gasteiger partial charge >= 0.3 is 5.97 Å². The van der Waals surface area contributed by atoms with E-state index in [-0.39, 0.29) is 11.5 Å². The predicted molar refractivity (Wildman–Crippen MR) is 110 cm³/mol. The number of carbonyl (C=O) groups is 2. The lowest BCUT2D eigenvalue weighted by Crippen LogP contribution is -2.19. The van der Waals surface area contributed by atoms with E-state index in [9.17, 15) is 14.7 Å². The monoisotopic (exact) mass is 388 g/mol. The van der Waals surface area contributed by atoms with E-state index >= 15 is 0 Å². The Morgan fingerprint density at radius 3 is 2.24 bits per heavy atom. The van der Waals surface area contributed by atoms with Gasteiger partial charge in [0.05, 0.1) is 7.11 Å². The highest BCUT2D eigenvalue weighted by Gasteiger charge is 2.25. The third kappa shape index (κ3) is 5.11. The molecular formula is C24H20O5. The average molecular weight is 388 g/mol. The number of aromatic hydroxyl groups is 1. The van der Waals surface area contributed by atoms with Gasteiger partial charge in [-0.2, -0.15) is 0 Å². The second kappa shape index (κ2) is 9.37. The first kappa shape index (κ1) is 19.9. The number of Topliss-reactive ketones (excluding diaryl/α,β-unsaturated/α-hetero) is 1. The molecule has 0 aliphatic rings. The van der Waals surface area contributed by atoms with Gasteiger partial charge < -0.3 is 14.6 Å². The maximum absolute atomic E-state index is 12.9. The van der Waals surface area contributed by atoms with Gasteiger partial charge in [0.1, 0.15) is 0 Å². The van der Waals surface area contributed by atoms with Crippen molar-refractivity contribution in [1.82, 2.24) is 0 Å². The molecule has 0 saturated carbocycles. The van der Waals surface area contributed by atoms with Crippen LogP contribution in [0.25, 0.3) is 6.08 Å². The Labute approximate surface area is 168 Å². The second-order valence-corrected chi connectivity index (χ2v) is 6.22. The van der Waals surface area contributed by atoms with E-state index in [0.29, 0.717) is 22.4 Å². The van der Waals surface area contributed by atoms with Crippen LogP contribution in [-0.2, 0) is 9.53 Å². The van der Waals surface area contributed by atoms with Crippen LogP contribution in [0.3, 0.4) is 0 Å². The van der Waals surface area contributed by atoms with Crippen molar-refractivity contribution in [3.05, 3.63) is 102 Å². The lowest BCUT2D eigenvalue weighted by Gasteiger charge is -2.16. The molecule has 0 bridgehead atoms. The highest BCUT2D eigenvalue weighted by atomic mass is 16.5. The van der Waals surface area contributed by atoms with Crippen LogP contribution in [0.2, 0.25) is 0 Å². The van der Waals surface area contributed by atoms with E-state index in [1.807, 2.05) is 12.1 Å². The van der Waals surface area contributed by atoms with Crippen LogP contribution in [0.15, 0.2) is 84.9 Å². The number of ether oxygens (including phenoxy) is 2. The number of methoxy groups -OCH3 is 1. The van der Waals surface area contributed by atoms with Crippen molar-refractivity contribution >= 4 is 17.8 Å². The summed E-state index contributed by atoms with van der Waals surface area (Å²) in [5, 5.41) is 9.65. The predicted octanol–water partition coefficient (Wildman–Crippen LogP) is 4.58. The minimum absolute atomic E-state index is 0.00447. The third-order valence-corrected chi connectivity index (χ3v) is 4.25. The molecule has 3 rings (SSSR count). The molecule has 0 radical (unpaired) electrons. The Morgan fingerprint density at radius 1 is 0.931 bits per heavy atom. The van der Waals surface area contributed by atoms with Crippen molar-refractivity contribution in [1.29, 1.82) is 0 Å². The number of hydrogen-bond acceptors (Lipinski definition) is 5. The number of ketones is 1. The zero-order valence-corrected chi connectivity index (χ0v) is 15.8. The fourth-order valence-electron chi connectivity index (χ4n) is 2.77. The van der Waals surface area contributed by atoms with Gasteiger partial charge in [0, 0.05) is 17.2 Å². The van der Waals surface area contributed by atoms with Crippen LogP contribution in [-0.4, -0.2) is 24.0 Å². The molecule has 0 amide bonds. The van der Waals surface area contributed by atoms with Crippen molar-refractivity contribution < 1.29 is 24.2 Å². The van der Waals surface area contributed by atoms with E-state index in [4.69, 9.17) is 9.47 Å². The van der Waals surface area contributed by atoms with Gasteiger partial charge in [-0.25, -0.2) is 4.79 Å². The normalized spacial score (nSPS) is 11.8. The number of hydrogen-bond donors (Lipinski definition) is 1. The number of benzene rings is 3. The Hall–Kier alpha value is -3.86. The first-order chi connectivity index (χ1) is 14.1. The molecule has 29 heavy (non-hydrogen) atoms. The zero-order chi connectivity index (χ0) is 20.6.